The molecule has 0 heterocycles. The van der Waals surface area contributed by atoms with E-state index in [1.165, 1.54) is 0 Å². The van der Waals surface area contributed by atoms with E-state index in [-0.39, 0.29) is 18.2 Å². The lowest BCUT2D eigenvalue weighted by Gasteiger charge is -2.19. The summed E-state index contributed by atoms with van der Waals surface area (Å²) in [5.41, 5.74) is 2.90. The number of nitrogens with zero attached hydrogens (tertiary/aromatic N) is 1. The van der Waals surface area contributed by atoms with Gasteiger partial charge in [-0.15, -0.1) is 0 Å². The van der Waals surface area contributed by atoms with Gasteiger partial charge >= 0.3 is 6.18 Å². The van der Waals surface area contributed by atoms with Crippen LogP contribution in [0.2, 0.25) is 0 Å². The van der Waals surface area contributed by atoms with Crippen molar-refractivity contribution in [2.45, 2.75) is 26.6 Å². The van der Waals surface area contributed by atoms with Gasteiger partial charge in [-0.1, -0.05) is 30.3 Å². The average Bonchev–Trinajstić information content (AvgIpc) is 2.53. The van der Waals surface area contributed by atoms with Crippen LogP contribution < -0.4 is 10.1 Å². The molecule has 0 aliphatic rings. The topological polar surface area (TPSA) is 41.6 Å². The molecule has 0 aromatic heterocycles. The quantitative estimate of drug-likeness (QED) is 0.778. The van der Waals surface area contributed by atoms with Crippen molar-refractivity contribution in [2.24, 2.45) is 0 Å². The number of likely N-dealkylation sites (N-methyl/N-ethyl adjacent to an activating group) is 1. The number of alkyl halides is 3. The highest BCUT2D eigenvalue weighted by molar-refractivity contribution is 5.92. The Balaban J connectivity index is 1.95. The largest absolute Gasteiger partial charge is 0.484 e. The molecule has 2 aromatic rings. The summed E-state index contributed by atoms with van der Waals surface area (Å²) < 4.78 is 42.0. The molecule has 4 nitrogen and oxygen atoms in total. The predicted octanol–water partition coefficient (Wildman–Crippen LogP) is 4.32. The smallest absolute Gasteiger partial charge is 0.422 e. The average molecular weight is 380 g/mol. The summed E-state index contributed by atoms with van der Waals surface area (Å²) in [7, 11) is 1.81. The van der Waals surface area contributed by atoms with Gasteiger partial charge in [0.2, 0.25) is 5.91 Å². The highest BCUT2D eigenvalue weighted by Gasteiger charge is 2.29. The lowest BCUT2D eigenvalue weighted by molar-refractivity contribution is -0.153. The Labute approximate surface area is 156 Å². The van der Waals surface area contributed by atoms with Crippen molar-refractivity contribution in [2.75, 3.05) is 25.5 Å². The molecule has 0 radical (unpaired) electrons. The predicted molar refractivity (Wildman–Crippen MR) is 98.9 cm³/mol. The third kappa shape index (κ3) is 6.94. The van der Waals surface area contributed by atoms with E-state index in [4.69, 9.17) is 4.74 Å². The molecular weight excluding hydrogens is 357 g/mol. The lowest BCUT2D eigenvalue weighted by Crippen LogP contribution is -2.29. The molecule has 1 amide bonds. The molecule has 0 fully saturated rings. The van der Waals surface area contributed by atoms with Crippen LogP contribution in [0.5, 0.6) is 5.75 Å². The number of aryl methyl sites for hydroxylation is 2. The van der Waals surface area contributed by atoms with Gasteiger partial charge in [0.15, 0.2) is 6.61 Å². The number of ether oxygens (including phenoxy) is 1. The minimum Gasteiger partial charge on any atom is -0.484 e. The van der Waals surface area contributed by atoms with Crippen LogP contribution in [0.1, 0.15) is 16.7 Å². The van der Waals surface area contributed by atoms with Gasteiger partial charge in [-0.3, -0.25) is 9.69 Å². The van der Waals surface area contributed by atoms with E-state index >= 15 is 0 Å². The molecule has 0 aliphatic carbocycles. The first-order valence-electron chi connectivity index (χ1n) is 8.47. The number of anilines is 1. The highest BCUT2D eigenvalue weighted by Crippen LogP contribution is 2.27. The van der Waals surface area contributed by atoms with E-state index < -0.39 is 12.8 Å². The second kappa shape index (κ2) is 8.90. The van der Waals surface area contributed by atoms with Gasteiger partial charge in [0.1, 0.15) is 5.75 Å². The Morgan fingerprint density at radius 3 is 2.26 bits per heavy atom. The third-order valence-corrected chi connectivity index (χ3v) is 3.82. The molecule has 2 aromatic carbocycles. The van der Waals surface area contributed by atoms with Gasteiger partial charge in [-0.05, 0) is 49.7 Å². The minimum atomic E-state index is -4.37. The van der Waals surface area contributed by atoms with E-state index in [9.17, 15) is 18.0 Å². The van der Waals surface area contributed by atoms with Crippen molar-refractivity contribution in [1.29, 1.82) is 0 Å². The number of amides is 1. The third-order valence-electron chi connectivity index (χ3n) is 3.82. The van der Waals surface area contributed by atoms with Crippen molar-refractivity contribution in [1.82, 2.24) is 4.90 Å². The van der Waals surface area contributed by atoms with Gasteiger partial charge in [-0.25, -0.2) is 0 Å². The van der Waals surface area contributed by atoms with Crippen LogP contribution in [-0.2, 0) is 11.3 Å². The standard InChI is InChI=1S/C20H23F3N2O2/c1-14-9-16(10-15(2)19(14)27-13-20(21,22)23)11-25(3)12-18(26)24-17-7-5-4-6-8-17/h4-10H,11-13H2,1-3H3,(H,24,26). The molecule has 7 heteroatoms. The first-order valence-corrected chi connectivity index (χ1v) is 8.47. The summed E-state index contributed by atoms with van der Waals surface area (Å²) >= 11 is 0. The molecule has 2 rings (SSSR count). The van der Waals surface area contributed by atoms with Gasteiger partial charge in [0.25, 0.3) is 0 Å². The fourth-order valence-corrected chi connectivity index (χ4v) is 2.85. The second-order valence-corrected chi connectivity index (χ2v) is 6.55. The SMILES string of the molecule is Cc1cc(CN(C)CC(=O)Nc2ccccc2)cc(C)c1OCC(F)(F)F. The number of carbonyl (C=O) groups is 1. The fourth-order valence-electron chi connectivity index (χ4n) is 2.85. The van der Waals surface area contributed by atoms with E-state index in [0.717, 1.165) is 11.3 Å². The summed E-state index contributed by atoms with van der Waals surface area (Å²) in [6.45, 7) is 2.80. The van der Waals surface area contributed by atoms with Crippen molar-refractivity contribution >= 4 is 11.6 Å². The zero-order valence-corrected chi connectivity index (χ0v) is 15.6. The number of rotatable bonds is 7. The number of hydrogen-bond donors (Lipinski definition) is 1. The fraction of sp³-hybridized carbons (Fsp3) is 0.350. The first kappa shape index (κ1) is 20.8. The molecule has 0 spiro atoms. The molecule has 0 unspecified atom stereocenters. The van der Waals surface area contributed by atoms with Crippen LogP contribution >= 0.6 is 0 Å². The molecule has 27 heavy (non-hydrogen) atoms. The number of nitrogens with one attached hydrogen (secondary N) is 1. The summed E-state index contributed by atoms with van der Waals surface area (Å²) in [5.74, 6) is 0.114. The number of para-hydroxylation sites is 1. The molecule has 0 aliphatic heterocycles. The first-order chi connectivity index (χ1) is 12.6. The van der Waals surface area contributed by atoms with Crippen LogP contribution in [0.15, 0.2) is 42.5 Å². The highest BCUT2D eigenvalue weighted by atomic mass is 19.4. The number of hydrogen-bond acceptors (Lipinski definition) is 3. The molecule has 0 atom stereocenters. The van der Waals surface area contributed by atoms with Crippen molar-refractivity contribution in [3.8, 4) is 5.75 Å². The van der Waals surface area contributed by atoms with Crippen LogP contribution in [0.25, 0.3) is 0 Å². The molecule has 0 bridgehead atoms. The second-order valence-electron chi connectivity index (χ2n) is 6.55. The zero-order chi connectivity index (χ0) is 20.0. The maximum absolute atomic E-state index is 12.4. The molecular formula is C20H23F3N2O2. The molecule has 0 saturated heterocycles. The lowest BCUT2D eigenvalue weighted by atomic mass is 10.1. The monoisotopic (exact) mass is 380 g/mol. The van der Waals surface area contributed by atoms with Crippen molar-refractivity contribution in [3.63, 3.8) is 0 Å². The van der Waals surface area contributed by atoms with Gasteiger partial charge in [0.05, 0.1) is 6.54 Å². The number of carbonyl (C=O) groups excluding carboxylic acids is 1. The summed E-state index contributed by atoms with van der Waals surface area (Å²) in [4.78, 5) is 13.9. The van der Waals surface area contributed by atoms with E-state index in [0.29, 0.717) is 17.7 Å². The Morgan fingerprint density at radius 1 is 1.11 bits per heavy atom. The minimum absolute atomic E-state index is 0.137. The zero-order valence-electron chi connectivity index (χ0n) is 15.6. The van der Waals surface area contributed by atoms with Crippen molar-refractivity contribution < 1.29 is 22.7 Å². The van der Waals surface area contributed by atoms with Crippen LogP contribution in [0.4, 0.5) is 18.9 Å². The Morgan fingerprint density at radius 2 is 1.70 bits per heavy atom. The number of benzene rings is 2. The van der Waals surface area contributed by atoms with E-state index in [2.05, 4.69) is 5.32 Å². The molecule has 0 saturated carbocycles. The summed E-state index contributed by atoms with van der Waals surface area (Å²) in [5, 5.41) is 2.81. The Bertz CT molecular complexity index is 754. The maximum atomic E-state index is 12.4. The molecule has 1 N–H and O–H groups in total. The van der Waals surface area contributed by atoms with Gasteiger partial charge in [-0.2, -0.15) is 13.2 Å². The van der Waals surface area contributed by atoms with Crippen LogP contribution in [-0.4, -0.2) is 37.2 Å². The number of halogens is 3. The van der Waals surface area contributed by atoms with Crippen molar-refractivity contribution in [3.05, 3.63) is 59.2 Å². The summed E-state index contributed by atoms with van der Waals surface area (Å²) in [6, 6.07) is 12.7. The van der Waals surface area contributed by atoms with E-state index in [1.807, 2.05) is 42.3 Å². The Hall–Kier alpha value is -2.54. The maximum Gasteiger partial charge on any atom is 0.422 e. The van der Waals surface area contributed by atoms with Crippen LogP contribution in [0, 0.1) is 13.8 Å². The van der Waals surface area contributed by atoms with Gasteiger partial charge < -0.3 is 10.1 Å². The Kier molecular flexibility index (Phi) is 6.85. The molecule has 146 valence electrons. The summed E-state index contributed by atoms with van der Waals surface area (Å²) in [6.07, 6.45) is -4.37. The van der Waals surface area contributed by atoms with E-state index in [1.54, 1.807) is 26.0 Å². The van der Waals surface area contributed by atoms with Gasteiger partial charge in [0, 0.05) is 12.2 Å². The normalized spacial score (nSPS) is 11.5. The van der Waals surface area contributed by atoms with Crippen LogP contribution in [0.3, 0.4) is 0 Å².